The molecule has 0 aliphatic heterocycles. The van der Waals surface area contributed by atoms with Crippen LogP contribution in [0.15, 0.2) is 35.1 Å². The monoisotopic (exact) mass is 231 g/mol. The zero-order valence-corrected chi connectivity index (χ0v) is 10.0. The van der Waals surface area contributed by atoms with Crippen LogP contribution < -0.4 is 0 Å². The van der Waals surface area contributed by atoms with Gasteiger partial charge in [-0.15, -0.1) is 0 Å². The summed E-state index contributed by atoms with van der Waals surface area (Å²) in [5.41, 5.74) is 2.30. The predicted octanol–water partition coefficient (Wildman–Crippen LogP) is 3.12. The van der Waals surface area contributed by atoms with Crippen molar-refractivity contribution in [2.45, 2.75) is 32.6 Å². The van der Waals surface area contributed by atoms with Gasteiger partial charge in [-0.1, -0.05) is 6.92 Å². The molecule has 0 aliphatic rings. The molecule has 1 N–H and O–H groups in total. The molecule has 0 amide bonds. The van der Waals surface area contributed by atoms with Crippen molar-refractivity contribution < 1.29 is 9.52 Å². The highest BCUT2D eigenvalue weighted by Crippen LogP contribution is 2.15. The van der Waals surface area contributed by atoms with Crippen LogP contribution in [0.5, 0.6) is 5.75 Å². The minimum Gasteiger partial charge on any atom is -0.506 e. The van der Waals surface area contributed by atoms with E-state index in [1.165, 1.54) is 11.8 Å². The van der Waals surface area contributed by atoms with Crippen molar-refractivity contribution in [1.29, 1.82) is 0 Å². The Balaban J connectivity index is 1.85. The zero-order chi connectivity index (χ0) is 12.1. The van der Waals surface area contributed by atoms with E-state index in [9.17, 15) is 0 Å². The molecular formula is C14H17NO2. The van der Waals surface area contributed by atoms with Crippen molar-refractivity contribution in [1.82, 2.24) is 4.98 Å². The number of hydrogen-bond donors (Lipinski definition) is 1. The van der Waals surface area contributed by atoms with Gasteiger partial charge in [0, 0.05) is 12.1 Å². The van der Waals surface area contributed by atoms with Crippen molar-refractivity contribution in [3.05, 3.63) is 47.7 Å². The second-order valence-corrected chi connectivity index (χ2v) is 4.08. The Morgan fingerprint density at radius 3 is 2.82 bits per heavy atom. The fourth-order valence-corrected chi connectivity index (χ4v) is 1.90. The first-order valence-corrected chi connectivity index (χ1v) is 5.98. The molecular weight excluding hydrogens is 214 g/mol. The van der Waals surface area contributed by atoms with Crippen LogP contribution in [-0.4, -0.2) is 10.1 Å². The second-order valence-electron chi connectivity index (χ2n) is 4.08. The first kappa shape index (κ1) is 11.7. The van der Waals surface area contributed by atoms with Gasteiger partial charge in [-0.3, -0.25) is 4.98 Å². The molecule has 0 fully saturated rings. The molecule has 2 aromatic heterocycles. The maximum Gasteiger partial charge on any atom is 0.133 e. The topological polar surface area (TPSA) is 46.3 Å². The number of furan rings is 1. The van der Waals surface area contributed by atoms with Crippen LogP contribution in [0.25, 0.3) is 0 Å². The third-order valence-electron chi connectivity index (χ3n) is 2.86. The maximum atomic E-state index is 9.12. The second kappa shape index (κ2) is 5.53. The molecule has 17 heavy (non-hydrogen) atoms. The summed E-state index contributed by atoms with van der Waals surface area (Å²) < 4.78 is 5.45. The molecule has 2 heterocycles. The van der Waals surface area contributed by atoms with E-state index in [4.69, 9.17) is 9.52 Å². The lowest BCUT2D eigenvalue weighted by atomic mass is 10.1. The molecule has 0 spiro atoms. The summed E-state index contributed by atoms with van der Waals surface area (Å²) in [5, 5.41) is 9.12. The summed E-state index contributed by atoms with van der Waals surface area (Å²) in [6, 6.07) is 5.57. The van der Waals surface area contributed by atoms with Crippen LogP contribution in [0, 0.1) is 0 Å². The zero-order valence-electron chi connectivity index (χ0n) is 10.0. The highest BCUT2D eigenvalue weighted by molar-refractivity contribution is 5.19. The molecule has 90 valence electrons. The van der Waals surface area contributed by atoms with Crippen LogP contribution in [0.2, 0.25) is 0 Å². The standard InChI is InChI=1S/C14H17NO2/c1-2-11-8-9-17-14(11)5-3-4-12-6-7-13(16)10-15-12/h6-10,16H,2-5H2,1H3. The summed E-state index contributed by atoms with van der Waals surface area (Å²) in [4.78, 5) is 4.16. The Kier molecular flexibility index (Phi) is 3.81. The number of rotatable bonds is 5. The molecule has 0 saturated heterocycles. The van der Waals surface area contributed by atoms with Crippen LogP contribution in [-0.2, 0) is 19.3 Å². The van der Waals surface area contributed by atoms with Gasteiger partial charge in [0.1, 0.15) is 11.5 Å². The van der Waals surface area contributed by atoms with E-state index in [0.717, 1.165) is 37.1 Å². The fourth-order valence-electron chi connectivity index (χ4n) is 1.90. The summed E-state index contributed by atoms with van der Waals surface area (Å²) in [7, 11) is 0. The van der Waals surface area contributed by atoms with Gasteiger partial charge >= 0.3 is 0 Å². The quantitative estimate of drug-likeness (QED) is 0.860. The Morgan fingerprint density at radius 1 is 1.24 bits per heavy atom. The molecule has 3 heteroatoms. The van der Waals surface area contributed by atoms with Crippen LogP contribution in [0.3, 0.4) is 0 Å². The van der Waals surface area contributed by atoms with E-state index in [0.29, 0.717) is 0 Å². The van der Waals surface area contributed by atoms with E-state index in [1.807, 2.05) is 12.1 Å². The minimum absolute atomic E-state index is 0.216. The highest BCUT2D eigenvalue weighted by atomic mass is 16.3. The van der Waals surface area contributed by atoms with Gasteiger partial charge in [0.05, 0.1) is 12.5 Å². The van der Waals surface area contributed by atoms with Gasteiger partial charge < -0.3 is 9.52 Å². The van der Waals surface area contributed by atoms with E-state index in [1.54, 1.807) is 12.3 Å². The molecule has 0 bridgehead atoms. The number of aromatic nitrogens is 1. The molecule has 0 saturated carbocycles. The number of aromatic hydroxyl groups is 1. The molecule has 0 aliphatic carbocycles. The van der Waals surface area contributed by atoms with Crippen LogP contribution in [0.4, 0.5) is 0 Å². The van der Waals surface area contributed by atoms with Crippen LogP contribution >= 0.6 is 0 Å². The van der Waals surface area contributed by atoms with E-state index < -0.39 is 0 Å². The van der Waals surface area contributed by atoms with Gasteiger partial charge in [0.25, 0.3) is 0 Å². The fraction of sp³-hybridized carbons (Fsp3) is 0.357. The summed E-state index contributed by atoms with van der Waals surface area (Å²) >= 11 is 0. The van der Waals surface area contributed by atoms with Gasteiger partial charge in [0.2, 0.25) is 0 Å². The lowest BCUT2D eigenvalue weighted by molar-refractivity contribution is 0.471. The van der Waals surface area contributed by atoms with Crippen molar-refractivity contribution in [2.24, 2.45) is 0 Å². The lowest BCUT2D eigenvalue weighted by Gasteiger charge is -2.01. The van der Waals surface area contributed by atoms with Crippen molar-refractivity contribution in [3.63, 3.8) is 0 Å². The lowest BCUT2D eigenvalue weighted by Crippen LogP contribution is -1.93. The van der Waals surface area contributed by atoms with Gasteiger partial charge in [-0.25, -0.2) is 0 Å². The Labute approximate surface area is 101 Å². The predicted molar refractivity (Wildman–Crippen MR) is 66.0 cm³/mol. The van der Waals surface area contributed by atoms with E-state index in [-0.39, 0.29) is 5.75 Å². The average molecular weight is 231 g/mol. The van der Waals surface area contributed by atoms with Gasteiger partial charge in [0.15, 0.2) is 0 Å². The third kappa shape index (κ3) is 3.09. The smallest absolute Gasteiger partial charge is 0.133 e. The first-order chi connectivity index (χ1) is 8.29. The Morgan fingerprint density at radius 2 is 2.12 bits per heavy atom. The summed E-state index contributed by atoms with van der Waals surface area (Å²) in [5.74, 6) is 1.30. The molecule has 3 nitrogen and oxygen atoms in total. The van der Waals surface area contributed by atoms with Gasteiger partial charge in [-0.2, -0.15) is 0 Å². The molecule has 0 atom stereocenters. The van der Waals surface area contributed by atoms with Crippen molar-refractivity contribution >= 4 is 0 Å². The Bertz CT molecular complexity index is 459. The molecule has 0 aromatic carbocycles. The van der Waals surface area contributed by atoms with Crippen molar-refractivity contribution in [2.75, 3.05) is 0 Å². The number of aryl methyl sites for hydroxylation is 3. The summed E-state index contributed by atoms with van der Waals surface area (Å²) in [6.07, 6.45) is 7.12. The number of nitrogens with zero attached hydrogens (tertiary/aromatic N) is 1. The third-order valence-corrected chi connectivity index (χ3v) is 2.86. The van der Waals surface area contributed by atoms with Crippen LogP contribution in [0.1, 0.15) is 30.4 Å². The number of hydrogen-bond acceptors (Lipinski definition) is 3. The largest absolute Gasteiger partial charge is 0.506 e. The van der Waals surface area contributed by atoms with E-state index in [2.05, 4.69) is 11.9 Å². The molecule has 2 aromatic rings. The van der Waals surface area contributed by atoms with E-state index >= 15 is 0 Å². The number of pyridine rings is 1. The van der Waals surface area contributed by atoms with Crippen molar-refractivity contribution in [3.8, 4) is 5.75 Å². The summed E-state index contributed by atoms with van der Waals surface area (Å²) in [6.45, 7) is 2.13. The minimum atomic E-state index is 0.216. The Hall–Kier alpha value is -1.77. The van der Waals surface area contributed by atoms with Gasteiger partial charge in [-0.05, 0) is 43.0 Å². The highest BCUT2D eigenvalue weighted by Gasteiger charge is 2.04. The SMILES string of the molecule is CCc1ccoc1CCCc1ccc(O)cn1. The normalized spacial score (nSPS) is 10.6. The first-order valence-electron chi connectivity index (χ1n) is 5.98. The molecule has 2 rings (SSSR count). The molecule has 0 unspecified atom stereocenters. The maximum absolute atomic E-state index is 9.12. The molecule has 0 radical (unpaired) electrons. The average Bonchev–Trinajstić information content (AvgIpc) is 2.79.